The van der Waals surface area contributed by atoms with Crippen LogP contribution in [0.3, 0.4) is 0 Å². The lowest BCUT2D eigenvalue weighted by Crippen LogP contribution is -2.32. The van der Waals surface area contributed by atoms with Crippen molar-refractivity contribution in [3.05, 3.63) is 81.8 Å². The highest BCUT2D eigenvalue weighted by atomic mass is 32.1. The second-order valence-electron chi connectivity index (χ2n) is 7.43. The van der Waals surface area contributed by atoms with Crippen LogP contribution >= 0.6 is 23.6 Å². The van der Waals surface area contributed by atoms with Crippen LogP contribution in [0.5, 0.6) is 0 Å². The number of carbonyl (C=O) groups excluding carboxylic acids is 1. The van der Waals surface area contributed by atoms with E-state index in [-0.39, 0.29) is 18.0 Å². The molecule has 2 atom stereocenters. The number of nitrogens with one attached hydrogen (secondary N) is 2. The van der Waals surface area contributed by atoms with Gasteiger partial charge in [0.2, 0.25) is 5.91 Å². The molecule has 0 unspecified atom stereocenters. The largest absolute Gasteiger partial charge is 0.352 e. The minimum atomic E-state index is -0.0445. The zero-order valence-electron chi connectivity index (χ0n) is 17.0. The number of rotatable bonds is 6. The molecule has 0 spiro atoms. The number of pyridine rings is 1. The first-order valence-electron chi connectivity index (χ1n) is 9.92. The van der Waals surface area contributed by atoms with Gasteiger partial charge in [-0.05, 0) is 62.5 Å². The van der Waals surface area contributed by atoms with Gasteiger partial charge in [0.15, 0.2) is 5.11 Å². The van der Waals surface area contributed by atoms with Crippen LogP contribution in [0.25, 0.3) is 0 Å². The Labute approximate surface area is 186 Å². The fourth-order valence-corrected chi connectivity index (χ4v) is 5.01. The standard InChI is InChI=1S/C23H24N4OS2/c1-15-6-9-17(10-7-15)25-20(28)12-14-27-22(19-11-8-16(2)30-19)21(26-23(27)29)18-5-3-4-13-24-18/h3-11,13,21-22H,12,14H2,1-2H3,(H,25,28)(H,26,29)/t21-,22+/m1/s1. The van der Waals surface area contributed by atoms with Crippen LogP contribution in [-0.2, 0) is 4.79 Å². The van der Waals surface area contributed by atoms with Crippen molar-refractivity contribution in [3.63, 3.8) is 0 Å². The van der Waals surface area contributed by atoms with Crippen LogP contribution < -0.4 is 10.6 Å². The Balaban J connectivity index is 1.51. The van der Waals surface area contributed by atoms with Gasteiger partial charge in [-0.1, -0.05) is 23.8 Å². The van der Waals surface area contributed by atoms with E-state index in [9.17, 15) is 4.79 Å². The summed E-state index contributed by atoms with van der Waals surface area (Å²) < 4.78 is 0. The van der Waals surface area contributed by atoms with Gasteiger partial charge < -0.3 is 15.5 Å². The van der Waals surface area contributed by atoms with Crippen molar-refractivity contribution in [1.29, 1.82) is 0 Å². The van der Waals surface area contributed by atoms with E-state index in [0.29, 0.717) is 18.1 Å². The smallest absolute Gasteiger partial charge is 0.226 e. The molecule has 5 nitrogen and oxygen atoms in total. The van der Waals surface area contributed by atoms with E-state index in [1.165, 1.54) is 9.75 Å². The molecule has 1 aliphatic heterocycles. The molecule has 0 saturated carbocycles. The van der Waals surface area contributed by atoms with Crippen molar-refractivity contribution >= 4 is 40.3 Å². The number of thiophene rings is 1. The van der Waals surface area contributed by atoms with E-state index in [1.54, 1.807) is 17.5 Å². The summed E-state index contributed by atoms with van der Waals surface area (Å²) in [6, 6.07) is 18.0. The van der Waals surface area contributed by atoms with Crippen LogP contribution in [0.15, 0.2) is 60.8 Å². The van der Waals surface area contributed by atoms with Gasteiger partial charge in [-0.3, -0.25) is 9.78 Å². The third-order valence-corrected chi connectivity index (χ3v) is 6.59. The number of hydrogen-bond donors (Lipinski definition) is 2. The quantitative estimate of drug-likeness (QED) is 0.546. The second-order valence-corrected chi connectivity index (χ2v) is 9.14. The molecular weight excluding hydrogens is 412 g/mol. The maximum atomic E-state index is 12.5. The van der Waals surface area contributed by atoms with Gasteiger partial charge in [0.1, 0.15) is 0 Å². The number of thiocarbonyl (C=S) groups is 1. The SMILES string of the molecule is Cc1ccc(NC(=O)CCN2C(=S)N[C@H](c3ccccn3)[C@@H]2c2ccc(C)s2)cc1. The van der Waals surface area contributed by atoms with Gasteiger partial charge >= 0.3 is 0 Å². The van der Waals surface area contributed by atoms with Gasteiger partial charge in [-0.2, -0.15) is 0 Å². The van der Waals surface area contributed by atoms with Gasteiger partial charge in [-0.15, -0.1) is 11.3 Å². The van der Waals surface area contributed by atoms with Crippen molar-refractivity contribution in [2.24, 2.45) is 0 Å². The normalized spacial score (nSPS) is 18.3. The van der Waals surface area contributed by atoms with E-state index in [1.807, 2.05) is 49.4 Å². The van der Waals surface area contributed by atoms with Gasteiger partial charge in [-0.25, -0.2) is 0 Å². The third kappa shape index (κ3) is 4.52. The topological polar surface area (TPSA) is 57.3 Å². The highest BCUT2D eigenvalue weighted by Crippen LogP contribution is 2.41. The van der Waals surface area contributed by atoms with Crippen molar-refractivity contribution < 1.29 is 4.79 Å². The Morgan fingerprint density at radius 1 is 1.17 bits per heavy atom. The molecule has 1 amide bonds. The zero-order valence-corrected chi connectivity index (χ0v) is 18.6. The highest BCUT2D eigenvalue weighted by Gasteiger charge is 2.40. The van der Waals surface area contributed by atoms with Crippen LogP contribution in [-0.4, -0.2) is 27.4 Å². The number of benzene rings is 1. The molecule has 3 aromatic rings. The molecule has 1 saturated heterocycles. The zero-order chi connectivity index (χ0) is 21.1. The fourth-order valence-electron chi connectivity index (χ4n) is 3.65. The Bertz CT molecular complexity index is 1030. The lowest BCUT2D eigenvalue weighted by molar-refractivity contribution is -0.116. The Morgan fingerprint density at radius 2 is 1.97 bits per heavy atom. The molecule has 2 aromatic heterocycles. The number of aromatic nitrogens is 1. The van der Waals surface area contributed by atoms with E-state index < -0.39 is 0 Å². The van der Waals surface area contributed by atoms with Crippen LogP contribution in [0, 0.1) is 13.8 Å². The maximum Gasteiger partial charge on any atom is 0.226 e. The molecule has 2 N–H and O–H groups in total. The molecular formula is C23H24N4OS2. The first-order chi connectivity index (χ1) is 14.5. The lowest BCUT2D eigenvalue weighted by atomic mass is 10.0. The minimum absolute atomic E-state index is 0.0123. The average molecular weight is 437 g/mol. The number of carbonyl (C=O) groups is 1. The van der Waals surface area contributed by atoms with Gasteiger partial charge in [0.05, 0.1) is 17.8 Å². The predicted molar refractivity (Wildman–Crippen MR) is 126 cm³/mol. The molecule has 30 heavy (non-hydrogen) atoms. The summed E-state index contributed by atoms with van der Waals surface area (Å²) in [5, 5.41) is 7.06. The molecule has 1 aromatic carbocycles. The van der Waals surface area contributed by atoms with Gasteiger partial charge in [0, 0.05) is 34.6 Å². The van der Waals surface area contributed by atoms with Crippen molar-refractivity contribution in [2.45, 2.75) is 32.4 Å². The van der Waals surface area contributed by atoms with Crippen molar-refractivity contribution in [3.8, 4) is 0 Å². The summed E-state index contributed by atoms with van der Waals surface area (Å²) in [5.74, 6) is -0.0240. The van der Waals surface area contributed by atoms with Crippen molar-refractivity contribution in [1.82, 2.24) is 15.2 Å². The van der Waals surface area contributed by atoms with E-state index in [2.05, 4.69) is 39.6 Å². The summed E-state index contributed by atoms with van der Waals surface area (Å²) >= 11 is 7.42. The van der Waals surface area contributed by atoms with E-state index in [4.69, 9.17) is 12.2 Å². The number of amides is 1. The van der Waals surface area contributed by atoms with Gasteiger partial charge in [0.25, 0.3) is 0 Å². The summed E-state index contributed by atoms with van der Waals surface area (Å²) in [5.41, 5.74) is 2.92. The fraction of sp³-hybridized carbons (Fsp3) is 0.261. The Kier molecular flexibility index (Phi) is 6.11. The molecule has 7 heteroatoms. The number of nitrogens with zero attached hydrogens (tertiary/aromatic N) is 2. The molecule has 0 bridgehead atoms. The molecule has 0 aliphatic carbocycles. The van der Waals surface area contributed by atoms with E-state index in [0.717, 1.165) is 16.9 Å². The molecule has 3 heterocycles. The monoisotopic (exact) mass is 436 g/mol. The minimum Gasteiger partial charge on any atom is -0.352 e. The summed E-state index contributed by atoms with van der Waals surface area (Å²) in [6.45, 7) is 4.66. The molecule has 154 valence electrons. The molecule has 4 rings (SSSR count). The van der Waals surface area contributed by atoms with Crippen LogP contribution in [0.4, 0.5) is 5.69 Å². The summed E-state index contributed by atoms with van der Waals surface area (Å²) in [4.78, 5) is 21.7. The van der Waals surface area contributed by atoms with E-state index >= 15 is 0 Å². The predicted octanol–water partition coefficient (Wildman–Crippen LogP) is 4.76. The maximum absolute atomic E-state index is 12.5. The van der Waals surface area contributed by atoms with Crippen LogP contribution in [0.2, 0.25) is 0 Å². The lowest BCUT2D eigenvalue weighted by Gasteiger charge is -2.26. The average Bonchev–Trinajstić information content (AvgIpc) is 3.31. The molecule has 0 radical (unpaired) electrons. The molecule has 1 aliphatic rings. The van der Waals surface area contributed by atoms with Crippen LogP contribution in [0.1, 0.15) is 39.5 Å². The highest BCUT2D eigenvalue weighted by molar-refractivity contribution is 7.80. The number of aryl methyl sites for hydroxylation is 2. The molecule has 1 fully saturated rings. The Hall–Kier alpha value is -2.77. The number of anilines is 1. The van der Waals surface area contributed by atoms with Crippen molar-refractivity contribution in [2.75, 3.05) is 11.9 Å². The Morgan fingerprint density at radius 3 is 2.63 bits per heavy atom. The summed E-state index contributed by atoms with van der Waals surface area (Å²) in [6.07, 6.45) is 2.15. The number of hydrogen-bond acceptors (Lipinski definition) is 4. The second kappa shape index (κ2) is 8.93. The summed E-state index contributed by atoms with van der Waals surface area (Å²) in [7, 11) is 0. The first-order valence-corrected chi connectivity index (χ1v) is 11.1. The third-order valence-electron chi connectivity index (χ3n) is 5.17. The first kappa shape index (κ1) is 20.5.